The Labute approximate surface area is 237 Å². The number of nitrogens with one attached hydrogen (secondary N) is 2. The van der Waals surface area contributed by atoms with Crippen molar-refractivity contribution in [2.75, 3.05) is 24.6 Å². The van der Waals surface area contributed by atoms with E-state index in [1.807, 2.05) is 18.2 Å². The molecule has 0 saturated carbocycles. The van der Waals surface area contributed by atoms with Crippen LogP contribution in [0.4, 0.5) is 0 Å². The van der Waals surface area contributed by atoms with Crippen molar-refractivity contribution in [3.8, 4) is 0 Å². The second-order valence-electron chi connectivity index (χ2n) is 10.2. The van der Waals surface area contributed by atoms with Gasteiger partial charge in [0.1, 0.15) is 0 Å². The van der Waals surface area contributed by atoms with Gasteiger partial charge < -0.3 is 20.9 Å². The Morgan fingerprint density at radius 2 is 1.61 bits per heavy atom. The number of hydrogen-bond acceptors (Lipinski definition) is 7. The number of amides is 1. The largest absolute Gasteiger partial charge is 0.368 e. The Bertz CT molecular complexity index is 1070. The Balaban J connectivity index is 1.31. The molecule has 1 aromatic carbocycles. The molecule has 0 aliphatic carbocycles. The van der Waals surface area contributed by atoms with E-state index in [4.69, 9.17) is 5.73 Å². The first-order valence-electron chi connectivity index (χ1n) is 13.7. The average Bonchev–Trinajstić information content (AvgIpc) is 3.50. The number of nitrogens with zero attached hydrogens (tertiary/aromatic N) is 1. The molecule has 2 aromatic rings. The van der Waals surface area contributed by atoms with Gasteiger partial charge in [-0.1, -0.05) is 44.0 Å². The number of carbonyl (C=O) groups excluding carboxylic acids is 3. The summed E-state index contributed by atoms with van der Waals surface area (Å²) in [6.07, 6.45) is 6.58. The van der Waals surface area contributed by atoms with Crippen LogP contribution in [0.25, 0.3) is 0 Å². The van der Waals surface area contributed by atoms with E-state index in [0.717, 1.165) is 56.3 Å². The molecule has 0 bridgehead atoms. The number of aromatic nitrogens is 1. The smallest absolute Gasteiger partial charge is 0.235 e. The molecule has 1 aliphatic heterocycles. The third-order valence-corrected chi connectivity index (χ3v) is 8.13. The zero-order valence-electron chi connectivity index (χ0n) is 22.3. The lowest BCUT2D eigenvalue weighted by Gasteiger charge is -2.17. The van der Waals surface area contributed by atoms with Crippen LogP contribution in [0, 0.1) is 0 Å². The molecule has 2 heterocycles. The molecule has 0 unspecified atom stereocenters. The predicted octanol–water partition coefficient (Wildman–Crippen LogP) is 3.55. The van der Waals surface area contributed by atoms with Gasteiger partial charge in [0.05, 0.1) is 17.8 Å². The van der Waals surface area contributed by atoms with Gasteiger partial charge in [0.2, 0.25) is 11.7 Å². The number of primary amides is 1. The number of thiol groups is 2. The van der Waals surface area contributed by atoms with Crippen molar-refractivity contribution >= 4 is 42.7 Å². The predicted molar refractivity (Wildman–Crippen MR) is 160 cm³/mol. The lowest BCUT2D eigenvalue weighted by atomic mass is 10.0. The van der Waals surface area contributed by atoms with Gasteiger partial charge in [-0.25, -0.2) is 0 Å². The van der Waals surface area contributed by atoms with Crippen LogP contribution in [0.15, 0.2) is 36.4 Å². The maximum absolute atomic E-state index is 13.0. The lowest BCUT2D eigenvalue weighted by molar-refractivity contribution is -0.121. The standard InChI is InChI=1S/C29H42N4O3S2/c1-20-14-17-33-25(20)12-13-26(33)28(35)22-10-8-21(9-11-22)6-4-2-3-5-7-27(34)23(18-37)31-15-16-32-24(19-38)29(30)36/h8-13,20,23-24,31-32,37-38H,2-7,14-19H2,1H3,(H2,30,36)/t20-,23-,24-/m0/s1. The second-order valence-corrected chi connectivity index (χ2v) is 10.9. The molecular formula is C29H42N4O3S2. The normalized spacial score (nSPS) is 16.2. The molecule has 0 radical (unpaired) electrons. The summed E-state index contributed by atoms with van der Waals surface area (Å²) >= 11 is 8.42. The summed E-state index contributed by atoms with van der Waals surface area (Å²) < 4.78 is 2.17. The van der Waals surface area contributed by atoms with E-state index in [-0.39, 0.29) is 17.6 Å². The van der Waals surface area contributed by atoms with Crippen molar-refractivity contribution in [3.05, 3.63) is 58.9 Å². The molecule has 9 heteroatoms. The number of fused-ring (bicyclic) bond motifs is 1. The fourth-order valence-electron chi connectivity index (χ4n) is 4.99. The summed E-state index contributed by atoms with van der Waals surface area (Å²) in [5, 5.41) is 6.23. The number of carbonyl (C=O) groups is 3. The third kappa shape index (κ3) is 8.46. The topological polar surface area (TPSA) is 106 Å². The summed E-state index contributed by atoms with van der Waals surface area (Å²) in [7, 11) is 0. The maximum Gasteiger partial charge on any atom is 0.235 e. The molecule has 1 amide bonds. The van der Waals surface area contributed by atoms with Gasteiger partial charge in [-0.3, -0.25) is 14.4 Å². The van der Waals surface area contributed by atoms with Crippen LogP contribution >= 0.6 is 25.3 Å². The van der Waals surface area contributed by atoms with Crippen molar-refractivity contribution < 1.29 is 14.4 Å². The number of aryl methyl sites for hydroxylation is 1. The number of hydrogen-bond donors (Lipinski definition) is 5. The fourth-order valence-corrected chi connectivity index (χ4v) is 5.63. The molecule has 3 rings (SSSR count). The Morgan fingerprint density at radius 1 is 0.947 bits per heavy atom. The first-order chi connectivity index (χ1) is 18.3. The number of benzene rings is 1. The minimum Gasteiger partial charge on any atom is -0.368 e. The summed E-state index contributed by atoms with van der Waals surface area (Å²) in [6, 6.07) is 11.3. The summed E-state index contributed by atoms with van der Waals surface area (Å²) in [4.78, 5) is 36.7. The zero-order valence-corrected chi connectivity index (χ0v) is 24.1. The number of rotatable bonds is 18. The van der Waals surface area contributed by atoms with E-state index in [9.17, 15) is 14.4 Å². The molecule has 1 aliphatic rings. The van der Waals surface area contributed by atoms with Gasteiger partial charge in [0, 0.05) is 48.8 Å². The zero-order chi connectivity index (χ0) is 27.5. The van der Waals surface area contributed by atoms with E-state index >= 15 is 0 Å². The minimum atomic E-state index is -0.472. The quantitative estimate of drug-likeness (QED) is 0.109. The van der Waals surface area contributed by atoms with E-state index in [1.54, 1.807) is 0 Å². The maximum atomic E-state index is 13.0. The van der Waals surface area contributed by atoms with Crippen molar-refractivity contribution in [1.29, 1.82) is 0 Å². The SMILES string of the molecule is C[C@H]1CCn2c(C(=O)c3ccc(CCCCCCC(=O)[C@H](CS)NCCN[C@@H](CS)C(N)=O)cc3)ccc21. The van der Waals surface area contributed by atoms with Crippen LogP contribution in [0.2, 0.25) is 0 Å². The monoisotopic (exact) mass is 558 g/mol. The molecule has 3 atom stereocenters. The molecule has 208 valence electrons. The van der Waals surface area contributed by atoms with E-state index < -0.39 is 11.9 Å². The average molecular weight is 559 g/mol. The first-order valence-corrected chi connectivity index (χ1v) is 15.0. The molecule has 0 fully saturated rings. The Morgan fingerprint density at radius 3 is 2.26 bits per heavy atom. The molecule has 38 heavy (non-hydrogen) atoms. The lowest BCUT2D eigenvalue weighted by Crippen LogP contribution is -2.47. The first kappa shape index (κ1) is 30.5. The number of nitrogens with two attached hydrogens (primary N) is 1. The van der Waals surface area contributed by atoms with E-state index in [1.165, 1.54) is 11.3 Å². The summed E-state index contributed by atoms with van der Waals surface area (Å²) in [6.45, 7) is 4.21. The fraction of sp³-hybridized carbons (Fsp3) is 0.552. The highest BCUT2D eigenvalue weighted by molar-refractivity contribution is 7.80. The molecule has 0 spiro atoms. The number of ketones is 2. The molecule has 0 saturated heterocycles. The van der Waals surface area contributed by atoms with Gasteiger partial charge in [-0.2, -0.15) is 25.3 Å². The molecule has 7 nitrogen and oxygen atoms in total. The highest BCUT2D eigenvalue weighted by Crippen LogP contribution is 2.30. The van der Waals surface area contributed by atoms with Crippen molar-refractivity contribution in [3.63, 3.8) is 0 Å². The number of unbranched alkanes of at least 4 members (excludes halogenated alkanes) is 3. The van der Waals surface area contributed by atoms with Crippen LogP contribution < -0.4 is 16.4 Å². The number of Topliss-reactive ketones (excluding diaryl/α,β-unsaturated/α-hetero) is 1. The third-order valence-electron chi connectivity index (χ3n) is 7.40. The van der Waals surface area contributed by atoms with Gasteiger partial charge in [0.25, 0.3) is 0 Å². The van der Waals surface area contributed by atoms with Crippen LogP contribution in [0.1, 0.15) is 78.7 Å². The van der Waals surface area contributed by atoms with Crippen LogP contribution in [0.5, 0.6) is 0 Å². The molecule has 4 N–H and O–H groups in total. The van der Waals surface area contributed by atoms with Crippen molar-refractivity contribution in [1.82, 2.24) is 15.2 Å². The molecule has 1 aromatic heterocycles. The second kappa shape index (κ2) is 15.5. The summed E-state index contributed by atoms with van der Waals surface area (Å²) in [5.41, 5.74) is 9.32. The van der Waals surface area contributed by atoms with Crippen molar-refractivity contribution in [2.45, 2.75) is 76.4 Å². The van der Waals surface area contributed by atoms with Crippen molar-refractivity contribution in [2.24, 2.45) is 5.73 Å². The van der Waals surface area contributed by atoms with E-state index in [0.29, 0.717) is 36.9 Å². The highest BCUT2D eigenvalue weighted by atomic mass is 32.1. The van der Waals surface area contributed by atoms with E-state index in [2.05, 4.69) is 65.6 Å². The van der Waals surface area contributed by atoms with Crippen LogP contribution in [-0.4, -0.2) is 58.7 Å². The highest BCUT2D eigenvalue weighted by Gasteiger charge is 2.24. The van der Waals surface area contributed by atoms with Gasteiger partial charge in [0.15, 0.2) is 5.78 Å². The summed E-state index contributed by atoms with van der Waals surface area (Å²) in [5.74, 6) is 1.13. The Hall–Kier alpha value is -2.07. The van der Waals surface area contributed by atoms with Gasteiger partial charge in [-0.05, 0) is 49.3 Å². The van der Waals surface area contributed by atoms with Crippen LogP contribution in [-0.2, 0) is 22.6 Å². The minimum absolute atomic E-state index is 0.0966. The van der Waals surface area contributed by atoms with Gasteiger partial charge in [-0.15, -0.1) is 0 Å². The Kier molecular flexibility index (Phi) is 12.4. The van der Waals surface area contributed by atoms with Crippen LogP contribution in [0.3, 0.4) is 0 Å². The van der Waals surface area contributed by atoms with Gasteiger partial charge >= 0.3 is 0 Å². The molecular weight excluding hydrogens is 516 g/mol.